The first-order chi connectivity index (χ1) is 14.8. The Morgan fingerprint density at radius 3 is 2.42 bits per heavy atom. The highest BCUT2D eigenvalue weighted by Gasteiger charge is 2.24. The van der Waals surface area contributed by atoms with Crippen molar-refractivity contribution in [3.8, 4) is 0 Å². The zero-order chi connectivity index (χ0) is 22.1. The predicted octanol–water partition coefficient (Wildman–Crippen LogP) is 2.05. The summed E-state index contributed by atoms with van der Waals surface area (Å²) >= 11 is 0. The lowest BCUT2D eigenvalue weighted by Crippen LogP contribution is -2.49. The van der Waals surface area contributed by atoms with Gasteiger partial charge in [-0.2, -0.15) is 5.10 Å². The first-order valence-electron chi connectivity index (χ1n) is 10.7. The van der Waals surface area contributed by atoms with Crippen LogP contribution in [-0.4, -0.2) is 56.7 Å². The summed E-state index contributed by atoms with van der Waals surface area (Å²) in [6, 6.07) is 9.33. The number of benzene rings is 1. The molecule has 0 radical (unpaired) electrons. The van der Waals surface area contributed by atoms with Crippen molar-refractivity contribution in [2.75, 3.05) is 31.1 Å². The molecule has 1 amide bonds. The molecular formula is C23H28N6O2. The topological polar surface area (TPSA) is 84.2 Å². The van der Waals surface area contributed by atoms with Gasteiger partial charge >= 0.3 is 0 Å². The van der Waals surface area contributed by atoms with Crippen LogP contribution in [0.15, 0.2) is 35.1 Å². The summed E-state index contributed by atoms with van der Waals surface area (Å²) in [5.74, 6) is 2.07. The van der Waals surface area contributed by atoms with Gasteiger partial charge in [0.15, 0.2) is 0 Å². The van der Waals surface area contributed by atoms with Gasteiger partial charge in [-0.3, -0.25) is 9.59 Å². The summed E-state index contributed by atoms with van der Waals surface area (Å²) in [5.41, 5.74) is 1.44. The minimum atomic E-state index is -0.152. The maximum absolute atomic E-state index is 13.0. The average molecular weight is 421 g/mol. The van der Waals surface area contributed by atoms with Crippen LogP contribution in [0.5, 0.6) is 0 Å². The number of anilines is 1. The van der Waals surface area contributed by atoms with Crippen LogP contribution >= 0.6 is 0 Å². The van der Waals surface area contributed by atoms with E-state index in [2.05, 4.69) is 28.8 Å². The van der Waals surface area contributed by atoms with E-state index in [0.717, 1.165) is 35.8 Å². The molecule has 0 saturated carbocycles. The highest BCUT2D eigenvalue weighted by Crippen LogP contribution is 2.20. The first kappa shape index (κ1) is 21.0. The van der Waals surface area contributed by atoms with E-state index >= 15 is 0 Å². The lowest BCUT2D eigenvalue weighted by molar-refractivity contribution is -0.130. The van der Waals surface area contributed by atoms with E-state index in [1.807, 2.05) is 36.1 Å². The van der Waals surface area contributed by atoms with Gasteiger partial charge in [-0.15, -0.1) is 0 Å². The molecular weight excluding hydrogens is 392 g/mol. The van der Waals surface area contributed by atoms with Crippen LogP contribution in [0.3, 0.4) is 0 Å². The minimum Gasteiger partial charge on any atom is -0.353 e. The van der Waals surface area contributed by atoms with Crippen LogP contribution in [0.25, 0.3) is 10.8 Å². The number of amides is 1. The minimum absolute atomic E-state index is 0.0256. The van der Waals surface area contributed by atoms with Gasteiger partial charge in [-0.25, -0.2) is 14.6 Å². The van der Waals surface area contributed by atoms with Crippen molar-refractivity contribution in [3.63, 3.8) is 0 Å². The Morgan fingerprint density at radius 2 is 1.74 bits per heavy atom. The third-order valence-electron chi connectivity index (χ3n) is 5.68. The smallest absolute Gasteiger partial charge is 0.274 e. The Kier molecular flexibility index (Phi) is 5.71. The third kappa shape index (κ3) is 4.28. The fourth-order valence-electron chi connectivity index (χ4n) is 3.94. The van der Waals surface area contributed by atoms with Gasteiger partial charge < -0.3 is 9.80 Å². The van der Waals surface area contributed by atoms with E-state index in [-0.39, 0.29) is 23.8 Å². The number of nitrogens with zero attached hydrogens (tertiary/aromatic N) is 6. The molecule has 1 saturated heterocycles. The molecule has 8 heteroatoms. The molecule has 1 aliphatic rings. The molecule has 1 aromatic carbocycles. The molecule has 0 atom stereocenters. The average Bonchev–Trinajstić information content (AvgIpc) is 2.77. The van der Waals surface area contributed by atoms with Crippen molar-refractivity contribution in [1.29, 1.82) is 0 Å². The lowest BCUT2D eigenvalue weighted by Gasteiger charge is -2.35. The molecule has 8 nitrogen and oxygen atoms in total. The number of aryl methyl sites for hydroxylation is 2. The number of carbonyl (C=O) groups excluding carboxylic acids is 1. The van der Waals surface area contributed by atoms with E-state index in [1.165, 1.54) is 4.68 Å². The Balaban J connectivity index is 1.47. The monoisotopic (exact) mass is 420 g/mol. The quantitative estimate of drug-likeness (QED) is 0.642. The number of rotatable bonds is 4. The van der Waals surface area contributed by atoms with Gasteiger partial charge in [0.25, 0.3) is 5.56 Å². The normalized spacial score (nSPS) is 14.5. The van der Waals surface area contributed by atoms with Gasteiger partial charge in [0.2, 0.25) is 5.91 Å². The number of carbonyl (C=O) groups is 1. The van der Waals surface area contributed by atoms with E-state index in [4.69, 9.17) is 4.98 Å². The Morgan fingerprint density at radius 1 is 1.06 bits per heavy atom. The number of piperazine rings is 1. The second-order valence-corrected chi connectivity index (χ2v) is 8.35. The van der Waals surface area contributed by atoms with Gasteiger partial charge in [-0.1, -0.05) is 32.0 Å². The number of hydrogen-bond donors (Lipinski definition) is 0. The number of fused-ring (bicyclic) bond motifs is 1. The van der Waals surface area contributed by atoms with Gasteiger partial charge in [0.05, 0.1) is 17.5 Å². The molecule has 4 rings (SSSR count). The lowest BCUT2D eigenvalue weighted by atomic mass is 10.1. The van der Waals surface area contributed by atoms with Crippen LogP contribution < -0.4 is 10.5 Å². The summed E-state index contributed by atoms with van der Waals surface area (Å²) < 4.78 is 1.31. The highest BCUT2D eigenvalue weighted by molar-refractivity contribution is 5.88. The summed E-state index contributed by atoms with van der Waals surface area (Å²) in [6.45, 7) is 8.87. The number of aromatic nitrogens is 4. The maximum Gasteiger partial charge on any atom is 0.274 e. The molecule has 0 unspecified atom stereocenters. The second kappa shape index (κ2) is 8.45. The largest absolute Gasteiger partial charge is 0.353 e. The zero-order valence-corrected chi connectivity index (χ0v) is 18.5. The third-order valence-corrected chi connectivity index (χ3v) is 5.68. The molecule has 0 bridgehead atoms. The Bertz CT molecular complexity index is 1180. The van der Waals surface area contributed by atoms with E-state index < -0.39 is 0 Å². The molecule has 162 valence electrons. The standard InChI is InChI=1S/C23H28N6O2/c1-15(2)22-24-16(3)13-20(25-22)28-9-11-29(12-10-28)21(30)14-19-17-7-5-6-8-18(17)23(31)27(4)26-19/h5-8,13,15H,9-12,14H2,1-4H3. The van der Waals surface area contributed by atoms with Gasteiger partial charge in [-0.05, 0) is 13.0 Å². The Labute approximate surface area is 181 Å². The molecule has 2 aromatic heterocycles. The van der Waals surface area contributed by atoms with Gasteiger partial charge in [0, 0.05) is 56.3 Å². The molecule has 31 heavy (non-hydrogen) atoms. The first-order valence-corrected chi connectivity index (χ1v) is 10.7. The van der Waals surface area contributed by atoms with Gasteiger partial charge in [0.1, 0.15) is 11.6 Å². The van der Waals surface area contributed by atoms with E-state index in [0.29, 0.717) is 24.2 Å². The Hall–Kier alpha value is -3.29. The van der Waals surface area contributed by atoms with Crippen LogP contribution in [0.1, 0.15) is 37.0 Å². The molecule has 0 spiro atoms. The van der Waals surface area contributed by atoms with Crippen molar-refractivity contribution in [3.05, 3.63) is 57.9 Å². The second-order valence-electron chi connectivity index (χ2n) is 8.35. The molecule has 0 aliphatic carbocycles. The van der Waals surface area contributed by atoms with Crippen molar-refractivity contribution in [2.45, 2.75) is 33.1 Å². The van der Waals surface area contributed by atoms with Crippen molar-refractivity contribution in [2.24, 2.45) is 7.05 Å². The number of hydrogen-bond acceptors (Lipinski definition) is 6. The fourth-order valence-corrected chi connectivity index (χ4v) is 3.94. The van der Waals surface area contributed by atoms with Crippen LogP contribution in [0.2, 0.25) is 0 Å². The molecule has 1 fully saturated rings. The van der Waals surface area contributed by atoms with Crippen molar-refractivity contribution >= 4 is 22.5 Å². The summed E-state index contributed by atoms with van der Waals surface area (Å²) in [5, 5.41) is 5.70. The van der Waals surface area contributed by atoms with Crippen LogP contribution in [-0.2, 0) is 18.3 Å². The van der Waals surface area contributed by atoms with Crippen molar-refractivity contribution < 1.29 is 4.79 Å². The molecule has 1 aliphatic heterocycles. The molecule has 3 aromatic rings. The summed E-state index contributed by atoms with van der Waals surface area (Å²) in [4.78, 5) is 38.6. The van der Waals surface area contributed by atoms with E-state index in [9.17, 15) is 9.59 Å². The highest BCUT2D eigenvalue weighted by atomic mass is 16.2. The zero-order valence-electron chi connectivity index (χ0n) is 18.5. The van der Waals surface area contributed by atoms with E-state index in [1.54, 1.807) is 13.1 Å². The van der Waals surface area contributed by atoms with Crippen molar-refractivity contribution in [1.82, 2.24) is 24.6 Å². The fraction of sp³-hybridized carbons (Fsp3) is 0.435. The predicted molar refractivity (Wildman–Crippen MR) is 120 cm³/mol. The molecule has 3 heterocycles. The summed E-state index contributed by atoms with van der Waals surface area (Å²) in [6.07, 6.45) is 0.179. The molecule has 0 N–H and O–H groups in total. The maximum atomic E-state index is 13.0. The summed E-state index contributed by atoms with van der Waals surface area (Å²) in [7, 11) is 1.62. The van der Waals surface area contributed by atoms with Crippen LogP contribution in [0, 0.1) is 6.92 Å². The van der Waals surface area contributed by atoms with Crippen LogP contribution in [0.4, 0.5) is 5.82 Å². The SMILES string of the molecule is Cc1cc(N2CCN(C(=O)Cc3nn(C)c(=O)c4ccccc34)CC2)nc(C(C)C)n1.